The molecule has 1 amide bonds. The quantitative estimate of drug-likeness (QED) is 0.536. The lowest BCUT2D eigenvalue weighted by atomic mass is 10.2. The van der Waals surface area contributed by atoms with Crippen molar-refractivity contribution < 1.29 is 14.6 Å². The molecule has 0 aliphatic rings. The molecule has 5 heteroatoms. The maximum atomic E-state index is 11.6. The van der Waals surface area contributed by atoms with Gasteiger partial charge in [0.25, 0.3) is 0 Å². The molecule has 0 saturated carbocycles. The number of unbranched alkanes of at least 4 members (excludes halogenated alkanes) is 1. The van der Waals surface area contributed by atoms with E-state index in [1.165, 1.54) is 5.01 Å². The number of aliphatic hydroxyl groups is 1. The highest BCUT2D eigenvalue weighted by atomic mass is 16.6. The minimum atomic E-state index is -0.483. The molecule has 2 N–H and O–H groups in total. The summed E-state index contributed by atoms with van der Waals surface area (Å²) >= 11 is 0. The topological polar surface area (TPSA) is 61.8 Å². The molecule has 0 aromatic rings. The van der Waals surface area contributed by atoms with E-state index in [1.54, 1.807) is 7.05 Å². The molecule has 0 aliphatic heterocycles. The predicted molar refractivity (Wildman–Crippen MR) is 58.3 cm³/mol. The van der Waals surface area contributed by atoms with Crippen LogP contribution >= 0.6 is 0 Å². The van der Waals surface area contributed by atoms with Crippen molar-refractivity contribution in [3.63, 3.8) is 0 Å². The molecule has 0 heterocycles. The number of hydrogen-bond acceptors (Lipinski definition) is 4. The number of rotatable bonds is 5. The zero-order chi connectivity index (χ0) is 11.9. The van der Waals surface area contributed by atoms with Gasteiger partial charge in [0.15, 0.2) is 0 Å². The van der Waals surface area contributed by atoms with Gasteiger partial charge in [-0.3, -0.25) is 0 Å². The molecule has 0 unspecified atom stereocenters. The number of hydrogen-bond donors (Lipinski definition) is 2. The van der Waals surface area contributed by atoms with Gasteiger partial charge in [0.05, 0.1) is 0 Å². The van der Waals surface area contributed by atoms with Crippen LogP contribution in [0.15, 0.2) is 0 Å². The number of carbonyl (C=O) groups is 1. The minimum Gasteiger partial charge on any atom is -0.443 e. The van der Waals surface area contributed by atoms with E-state index >= 15 is 0 Å². The summed E-state index contributed by atoms with van der Waals surface area (Å²) < 4.78 is 5.18. The third-order valence-corrected chi connectivity index (χ3v) is 1.67. The first-order chi connectivity index (χ1) is 6.90. The van der Waals surface area contributed by atoms with Gasteiger partial charge in [0.1, 0.15) is 5.60 Å². The Bertz CT molecular complexity index is 190. The molecule has 0 aromatic heterocycles. The van der Waals surface area contributed by atoms with Crippen LogP contribution in [-0.4, -0.2) is 42.0 Å². The second-order valence-corrected chi connectivity index (χ2v) is 4.29. The first kappa shape index (κ1) is 14.2. The summed E-state index contributed by atoms with van der Waals surface area (Å²) in [4.78, 5) is 11.6. The maximum Gasteiger partial charge on any atom is 0.424 e. The number of ether oxygens (including phenoxy) is 1. The largest absolute Gasteiger partial charge is 0.443 e. The van der Waals surface area contributed by atoms with Gasteiger partial charge in [-0.2, -0.15) is 0 Å². The van der Waals surface area contributed by atoms with Crippen LogP contribution in [0.1, 0.15) is 33.6 Å². The molecule has 0 aromatic carbocycles. The highest BCUT2D eigenvalue weighted by Crippen LogP contribution is 2.09. The second kappa shape index (κ2) is 6.63. The number of aliphatic hydroxyl groups excluding tert-OH is 1. The zero-order valence-corrected chi connectivity index (χ0v) is 10.0. The van der Waals surface area contributed by atoms with Crippen molar-refractivity contribution in [2.75, 3.05) is 20.2 Å². The Morgan fingerprint density at radius 1 is 1.40 bits per heavy atom. The first-order valence-corrected chi connectivity index (χ1v) is 5.19. The van der Waals surface area contributed by atoms with Crippen molar-refractivity contribution >= 4 is 6.09 Å². The fraction of sp³-hybridized carbons (Fsp3) is 0.900. The fourth-order valence-electron chi connectivity index (χ4n) is 0.993. The molecule has 15 heavy (non-hydrogen) atoms. The van der Waals surface area contributed by atoms with Crippen LogP contribution in [0.4, 0.5) is 4.79 Å². The average Bonchev–Trinajstić information content (AvgIpc) is 2.09. The molecule has 0 spiro atoms. The van der Waals surface area contributed by atoms with Gasteiger partial charge < -0.3 is 9.84 Å². The van der Waals surface area contributed by atoms with Crippen LogP contribution in [-0.2, 0) is 4.74 Å². The number of hydrazine groups is 1. The van der Waals surface area contributed by atoms with Gasteiger partial charge in [-0.25, -0.2) is 15.2 Å². The smallest absolute Gasteiger partial charge is 0.424 e. The lowest BCUT2D eigenvalue weighted by molar-refractivity contribution is 0.0154. The first-order valence-electron chi connectivity index (χ1n) is 5.19. The molecule has 90 valence electrons. The number of nitrogens with one attached hydrogen (secondary N) is 1. The maximum absolute atomic E-state index is 11.6. The van der Waals surface area contributed by atoms with Gasteiger partial charge in [0, 0.05) is 20.2 Å². The van der Waals surface area contributed by atoms with Gasteiger partial charge in [0.2, 0.25) is 0 Å². The van der Waals surface area contributed by atoms with Crippen molar-refractivity contribution in [2.45, 2.75) is 39.2 Å². The van der Waals surface area contributed by atoms with E-state index in [2.05, 4.69) is 5.43 Å². The molecule has 5 nitrogen and oxygen atoms in total. The van der Waals surface area contributed by atoms with Crippen LogP contribution in [0.5, 0.6) is 0 Å². The van der Waals surface area contributed by atoms with Crippen molar-refractivity contribution in [3.05, 3.63) is 0 Å². The Kier molecular flexibility index (Phi) is 6.27. The minimum absolute atomic E-state index is 0.145. The van der Waals surface area contributed by atoms with E-state index in [9.17, 15) is 4.79 Å². The lowest BCUT2D eigenvalue weighted by Crippen LogP contribution is -2.44. The third kappa shape index (κ3) is 7.16. The summed E-state index contributed by atoms with van der Waals surface area (Å²) in [5, 5.41) is 10.0. The fourth-order valence-corrected chi connectivity index (χ4v) is 0.993. The van der Waals surface area contributed by atoms with Gasteiger partial charge >= 0.3 is 6.09 Å². The Balaban J connectivity index is 3.99. The summed E-state index contributed by atoms with van der Waals surface area (Å²) in [6.07, 6.45) is 1.04. The van der Waals surface area contributed by atoms with E-state index in [0.717, 1.165) is 6.42 Å². The Morgan fingerprint density at radius 2 is 2.00 bits per heavy atom. The van der Waals surface area contributed by atoms with Crippen LogP contribution in [0.2, 0.25) is 0 Å². The highest BCUT2D eigenvalue weighted by Gasteiger charge is 2.20. The SMILES string of the molecule is CNN(CCCCO)C(=O)OC(C)(C)C. The van der Waals surface area contributed by atoms with Gasteiger partial charge in [-0.15, -0.1) is 0 Å². The molecule has 0 bridgehead atoms. The lowest BCUT2D eigenvalue weighted by Gasteiger charge is -2.26. The summed E-state index contributed by atoms with van der Waals surface area (Å²) in [6, 6.07) is 0. The highest BCUT2D eigenvalue weighted by molar-refractivity contribution is 5.67. The van der Waals surface area contributed by atoms with Crippen LogP contribution in [0.25, 0.3) is 0 Å². The van der Waals surface area contributed by atoms with E-state index in [4.69, 9.17) is 9.84 Å². The van der Waals surface area contributed by atoms with E-state index < -0.39 is 5.60 Å². The number of amides is 1. The summed E-state index contributed by atoms with van der Waals surface area (Å²) in [7, 11) is 1.67. The second-order valence-electron chi connectivity index (χ2n) is 4.29. The van der Waals surface area contributed by atoms with Crippen LogP contribution < -0.4 is 5.43 Å². The molecule has 0 atom stereocenters. The molecule has 0 aliphatic carbocycles. The Hall–Kier alpha value is -0.810. The average molecular weight is 218 g/mol. The van der Waals surface area contributed by atoms with Gasteiger partial charge in [-0.1, -0.05) is 0 Å². The Labute approximate surface area is 91.4 Å². The molecular formula is C10H22N2O3. The van der Waals surface area contributed by atoms with Gasteiger partial charge in [-0.05, 0) is 33.6 Å². The normalized spacial score (nSPS) is 11.3. The summed E-state index contributed by atoms with van der Waals surface area (Å²) in [5.41, 5.74) is 2.28. The van der Waals surface area contributed by atoms with E-state index in [-0.39, 0.29) is 12.7 Å². The monoisotopic (exact) mass is 218 g/mol. The summed E-state index contributed by atoms with van der Waals surface area (Å²) in [5.74, 6) is 0. The van der Waals surface area contributed by atoms with Crippen LogP contribution in [0, 0.1) is 0 Å². The van der Waals surface area contributed by atoms with Crippen molar-refractivity contribution in [1.82, 2.24) is 10.4 Å². The Morgan fingerprint density at radius 3 is 2.40 bits per heavy atom. The molecule has 0 saturated heterocycles. The standard InChI is InChI=1S/C10H22N2O3/c1-10(2,3)15-9(14)12(11-4)7-5-6-8-13/h11,13H,5-8H2,1-4H3. The third-order valence-electron chi connectivity index (χ3n) is 1.67. The number of carbonyl (C=O) groups excluding carboxylic acids is 1. The molecular weight excluding hydrogens is 196 g/mol. The zero-order valence-electron chi connectivity index (χ0n) is 10.0. The van der Waals surface area contributed by atoms with E-state index in [0.29, 0.717) is 13.0 Å². The summed E-state index contributed by atoms with van der Waals surface area (Å²) in [6.45, 7) is 6.16. The van der Waals surface area contributed by atoms with Crippen molar-refractivity contribution in [1.29, 1.82) is 0 Å². The van der Waals surface area contributed by atoms with E-state index in [1.807, 2.05) is 20.8 Å². The number of nitrogens with zero attached hydrogens (tertiary/aromatic N) is 1. The van der Waals surface area contributed by atoms with Crippen LogP contribution in [0.3, 0.4) is 0 Å². The molecule has 0 fully saturated rings. The van der Waals surface area contributed by atoms with Crippen molar-refractivity contribution in [3.8, 4) is 0 Å². The molecule has 0 rings (SSSR count). The molecule has 0 radical (unpaired) electrons. The van der Waals surface area contributed by atoms with Crippen molar-refractivity contribution in [2.24, 2.45) is 0 Å². The predicted octanol–water partition coefficient (Wildman–Crippen LogP) is 1.13.